The third-order valence-corrected chi connectivity index (χ3v) is 5.08. The summed E-state index contributed by atoms with van der Waals surface area (Å²) in [6, 6.07) is 5.81. The number of aryl methyl sites for hydroxylation is 1. The molecule has 0 fully saturated rings. The zero-order valence-corrected chi connectivity index (χ0v) is 15.1. The van der Waals surface area contributed by atoms with E-state index in [9.17, 15) is 4.79 Å². The molecule has 5 rings (SSSR count). The van der Waals surface area contributed by atoms with Crippen molar-refractivity contribution < 1.29 is 9.90 Å². The maximum Gasteiger partial charge on any atom is 0.338 e. The molecule has 0 amide bonds. The molecule has 140 valence electrons. The highest BCUT2D eigenvalue weighted by Crippen LogP contribution is 2.35. The predicted molar refractivity (Wildman–Crippen MR) is 100 cm³/mol. The number of fused-ring (bicyclic) bond motifs is 2. The lowest BCUT2D eigenvalue weighted by Gasteiger charge is -2.33. The highest BCUT2D eigenvalue weighted by Gasteiger charge is 2.34. The molecule has 1 atom stereocenters. The van der Waals surface area contributed by atoms with Crippen LogP contribution in [0.5, 0.6) is 0 Å². The van der Waals surface area contributed by atoms with E-state index in [-0.39, 0.29) is 11.6 Å². The Morgan fingerprint density at radius 2 is 2.11 bits per heavy atom. The molecule has 0 aliphatic carbocycles. The van der Waals surface area contributed by atoms with E-state index < -0.39 is 5.97 Å². The zero-order chi connectivity index (χ0) is 19.3. The van der Waals surface area contributed by atoms with Crippen LogP contribution >= 0.6 is 0 Å². The topological polar surface area (TPSA) is 112 Å². The molecule has 9 heteroatoms. The maximum absolute atomic E-state index is 11.1. The molecule has 0 saturated heterocycles. The van der Waals surface area contributed by atoms with Crippen molar-refractivity contribution in [2.24, 2.45) is 0 Å². The summed E-state index contributed by atoms with van der Waals surface area (Å²) in [6.07, 6.45) is 7.03. The van der Waals surface area contributed by atoms with E-state index in [1.54, 1.807) is 6.33 Å². The lowest BCUT2D eigenvalue weighted by molar-refractivity contribution is 0.0696. The number of H-pyrrole nitrogens is 1. The lowest BCUT2D eigenvalue weighted by atomic mass is 10.00. The minimum atomic E-state index is -1.05. The Kier molecular flexibility index (Phi) is 3.61. The number of nitrogens with zero attached hydrogens (tertiary/aromatic N) is 6. The number of carboxylic acids is 1. The van der Waals surface area contributed by atoms with Crippen LogP contribution in [-0.2, 0) is 6.42 Å². The molecule has 0 radical (unpaired) electrons. The summed E-state index contributed by atoms with van der Waals surface area (Å²) in [5, 5.41) is 13.9. The smallest absolute Gasteiger partial charge is 0.338 e. The Hall–Kier alpha value is -3.75. The summed E-state index contributed by atoms with van der Waals surface area (Å²) < 4.78 is 1.86. The number of nitrogens with one attached hydrogen (secondary N) is 1. The molecule has 1 unspecified atom stereocenters. The summed E-state index contributed by atoms with van der Waals surface area (Å²) >= 11 is 0. The Morgan fingerprint density at radius 1 is 1.29 bits per heavy atom. The largest absolute Gasteiger partial charge is 0.478 e. The number of aromatic amines is 1. The Balaban J connectivity index is 1.63. The van der Waals surface area contributed by atoms with Crippen LogP contribution in [0.25, 0.3) is 5.52 Å². The van der Waals surface area contributed by atoms with E-state index in [1.807, 2.05) is 34.7 Å². The van der Waals surface area contributed by atoms with Gasteiger partial charge in [0.2, 0.25) is 5.95 Å². The molecule has 0 bridgehead atoms. The van der Waals surface area contributed by atoms with Crippen molar-refractivity contribution in [3.63, 3.8) is 0 Å². The number of carboxylic acid groups (broad SMARTS) is 1. The van der Waals surface area contributed by atoms with Crippen LogP contribution < -0.4 is 4.90 Å². The van der Waals surface area contributed by atoms with E-state index in [0.717, 1.165) is 34.6 Å². The minimum Gasteiger partial charge on any atom is -0.478 e. The molecule has 0 aromatic carbocycles. The van der Waals surface area contributed by atoms with Gasteiger partial charge in [-0.25, -0.2) is 24.3 Å². The fourth-order valence-electron chi connectivity index (χ4n) is 3.68. The van der Waals surface area contributed by atoms with Crippen molar-refractivity contribution in [2.75, 3.05) is 11.4 Å². The van der Waals surface area contributed by atoms with Gasteiger partial charge in [0, 0.05) is 37.3 Å². The van der Waals surface area contributed by atoms with E-state index in [2.05, 4.69) is 26.0 Å². The molecule has 1 aliphatic rings. The number of hydrogen-bond acceptors (Lipinski definition) is 6. The molecule has 0 spiro atoms. The number of carbonyl (C=O) groups is 1. The van der Waals surface area contributed by atoms with Gasteiger partial charge in [-0.3, -0.25) is 0 Å². The second-order valence-corrected chi connectivity index (χ2v) is 6.78. The fraction of sp³-hybridized carbons (Fsp3) is 0.211. The van der Waals surface area contributed by atoms with E-state index in [0.29, 0.717) is 12.5 Å². The SMILES string of the molecule is Cc1cccn2nc(C3c4nc[nH]c4CCN3c3ncc(C(=O)O)cn3)cc12. The summed E-state index contributed by atoms with van der Waals surface area (Å²) in [5.41, 5.74) is 5.01. The number of imidazole rings is 1. The van der Waals surface area contributed by atoms with E-state index in [4.69, 9.17) is 10.2 Å². The van der Waals surface area contributed by atoms with Crippen molar-refractivity contribution in [1.29, 1.82) is 0 Å². The van der Waals surface area contributed by atoms with Gasteiger partial charge in [-0.2, -0.15) is 5.10 Å². The normalized spacial score (nSPS) is 16.3. The van der Waals surface area contributed by atoms with Crippen LogP contribution in [0.1, 0.15) is 39.0 Å². The standard InChI is InChI=1S/C19H17N7O2/c1-11-3-2-5-26-15(11)7-14(24-26)17-16-13(22-10-23-16)4-6-25(17)19-20-8-12(9-21-19)18(27)28/h2-3,5,7-10,17H,4,6H2,1H3,(H,22,23)(H,27,28). The van der Waals surface area contributed by atoms with Crippen molar-refractivity contribution in [1.82, 2.24) is 29.5 Å². The van der Waals surface area contributed by atoms with Crippen molar-refractivity contribution >= 4 is 17.4 Å². The van der Waals surface area contributed by atoms with Gasteiger partial charge in [0.1, 0.15) is 6.04 Å². The first-order valence-electron chi connectivity index (χ1n) is 8.91. The second-order valence-electron chi connectivity index (χ2n) is 6.78. The molecule has 4 aromatic heterocycles. The molecule has 5 heterocycles. The molecular weight excluding hydrogens is 358 g/mol. The monoisotopic (exact) mass is 375 g/mol. The van der Waals surface area contributed by atoms with Crippen LogP contribution in [0.2, 0.25) is 0 Å². The highest BCUT2D eigenvalue weighted by molar-refractivity contribution is 5.86. The Morgan fingerprint density at radius 3 is 2.86 bits per heavy atom. The van der Waals surface area contributed by atoms with Gasteiger partial charge < -0.3 is 15.0 Å². The number of aromatic nitrogens is 6. The van der Waals surface area contributed by atoms with E-state index >= 15 is 0 Å². The summed E-state index contributed by atoms with van der Waals surface area (Å²) in [4.78, 5) is 29.5. The van der Waals surface area contributed by atoms with Crippen molar-refractivity contribution in [2.45, 2.75) is 19.4 Å². The van der Waals surface area contributed by atoms with Gasteiger partial charge >= 0.3 is 5.97 Å². The van der Waals surface area contributed by atoms with E-state index in [1.165, 1.54) is 12.4 Å². The zero-order valence-electron chi connectivity index (χ0n) is 15.1. The fourth-order valence-corrected chi connectivity index (χ4v) is 3.68. The van der Waals surface area contributed by atoms with Gasteiger partial charge in [0.05, 0.1) is 28.8 Å². The van der Waals surface area contributed by atoms with Crippen LogP contribution in [0, 0.1) is 6.92 Å². The first-order chi connectivity index (χ1) is 13.6. The predicted octanol–water partition coefficient (Wildman–Crippen LogP) is 2.01. The molecule has 0 saturated carbocycles. The number of pyridine rings is 1. The van der Waals surface area contributed by atoms with Gasteiger partial charge in [0.15, 0.2) is 0 Å². The molecule has 9 nitrogen and oxygen atoms in total. The minimum absolute atomic E-state index is 0.0566. The number of aromatic carboxylic acids is 1. The molecule has 1 aliphatic heterocycles. The molecule has 4 aromatic rings. The average molecular weight is 375 g/mol. The molecule has 28 heavy (non-hydrogen) atoms. The number of hydrogen-bond donors (Lipinski definition) is 2. The van der Waals surface area contributed by atoms with Crippen LogP contribution in [0.3, 0.4) is 0 Å². The molecule has 2 N–H and O–H groups in total. The van der Waals surface area contributed by atoms with Crippen molar-refractivity contribution in [3.8, 4) is 0 Å². The first kappa shape index (κ1) is 16.4. The number of rotatable bonds is 3. The molecular formula is C19H17N7O2. The quantitative estimate of drug-likeness (QED) is 0.563. The Labute approximate surface area is 159 Å². The highest BCUT2D eigenvalue weighted by atomic mass is 16.4. The van der Waals surface area contributed by atoms with Crippen LogP contribution in [-0.4, -0.2) is 47.2 Å². The first-order valence-corrected chi connectivity index (χ1v) is 8.91. The van der Waals surface area contributed by atoms with Gasteiger partial charge in [-0.15, -0.1) is 0 Å². The van der Waals surface area contributed by atoms with Gasteiger partial charge in [-0.1, -0.05) is 6.07 Å². The van der Waals surface area contributed by atoms with Gasteiger partial charge in [0.25, 0.3) is 0 Å². The second kappa shape index (κ2) is 6.15. The summed E-state index contributed by atoms with van der Waals surface area (Å²) in [7, 11) is 0. The number of anilines is 1. The van der Waals surface area contributed by atoms with Crippen LogP contribution in [0.15, 0.2) is 43.1 Å². The third kappa shape index (κ3) is 2.51. The third-order valence-electron chi connectivity index (χ3n) is 5.08. The average Bonchev–Trinajstić information content (AvgIpc) is 3.34. The van der Waals surface area contributed by atoms with Gasteiger partial charge in [-0.05, 0) is 24.6 Å². The maximum atomic E-state index is 11.1. The summed E-state index contributed by atoms with van der Waals surface area (Å²) in [6.45, 7) is 2.71. The lowest BCUT2D eigenvalue weighted by Crippen LogP contribution is -2.37. The van der Waals surface area contributed by atoms with Crippen LogP contribution in [0.4, 0.5) is 5.95 Å². The Bertz CT molecular complexity index is 1180. The summed E-state index contributed by atoms with van der Waals surface area (Å²) in [5.74, 6) is -0.593. The van der Waals surface area contributed by atoms with Crippen molar-refractivity contribution in [3.05, 3.63) is 71.3 Å².